The van der Waals surface area contributed by atoms with Crippen molar-refractivity contribution in [1.82, 2.24) is 4.90 Å². The summed E-state index contributed by atoms with van der Waals surface area (Å²) in [4.78, 5) is 52.9. The Morgan fingerprint density at radius 3 is 2.33 bits per heavy atom. The molecule has 8 nitrogen and oxygen atoms in total. The van der Waals surface area contributed by atoms with E-state index in [-0.39, 0.29) is 30.2 Å². The SMILES string of the molecule is COc1cc(O)ccc1C1C2=CCC3C(=O)N(c4ccc(Cl)cc4)C(=O)C3C2CC2(Cl)C(=O)N(C)C(=O)C12Cl. The number of carbonyl (C=O) groups excluding carboxylic acids is 4. The first kappa shape index (κ1) is 26.2. The molecule has 39 heavy (non-hydrogen) atoms. The minimum absolute atomic E-state index is 0.0671. The third-order valence-corrected chi connectivity index (χ3v) is 10.3. The number of methoxy groups -OCH3 is 1. The standard InChI is InChI=1S/C28H23Cl3N2O6/c1-32-25(37)27(30)12-19-16(22(28(27,31)26(32)38)17-8-7-15(34)11-20(17)39-2)9-10-18-21(19)24(36)33(23(18)35)14-5-3-13(29)4-6-14/h3-9,11,18-19,21-22,34H,10,12H2,1-2H3. The van der Waals surface area contributed by atoms with Gasteiger partial charge in [0.2, 0.25) is 11.8 Å². The Morgan fingerprint density at radius 2 is 1.67 bits per heavy atom. The quantitative estimate of drug-likeness (QED) is 0.326. The number of ether oxygens (including phenoxy) is 1. The van der Waals surface area contributed by atoms with Crippen molar-refractivity contribution in [3.8, 4) is 11.5 Å². The maximum atomic E-state index is 13.9. The first-order valence-corrected chi connectivity index (χ1v) is 13.5. The molecule has 2 aliphatic heterocycles. The number of rotatable bonds is 3. The van der Waals surface area contributed by atoms with Gasteiger partial charge >= 0.3 is 0 Å². The lowest BCUT2D eigenvalue weighted by Gasteiger charge is -2.51. The first-order valence-electron chi connectivity index (χ1n) is 12.4. The molecule has 0 aromatic heterocycles. The van der Waals surface area contributed by atoms with E-state index in [0.29, 0.717) is 21.8 Å². The summed E-state index contributed by atoms with van der Waals surface area (Å²) in [5.41, 5.74) is 1.48. The molecule has 3 fully saturated rings. The number of aromatic hydroxyl groups is 1. The highest BCUT2D eigenvalue weighted by Crippen LogP contribution is 2.66. The van der Waals surface area contributed by atoms with Gasteiger partial charge in [-0.1, -0.05) is 29.3 Å². The number of imide groups is 2. The number of likely N-dealkylation sites (tertiary alicyclic amines) is 1. The van der Waals surface area contributed by atoms with Gasteiger partial charge in [-0.3, -0.25) is 29.0 Å². The number of hydrogen-bond donors (Lipinski definition) is 1. The van der Waals surface area contributed by atoms with E-state index in [2.05, 4.69) is 0 Å². The fraction of sp³-hybridized carbons (Fsp3) is 0.357. The second-order valence-corrected chi connectivity index (χ2v) is 12.1. The van der Waals surface area contributed by atoms with Crippen LogP contribution in [0.1, 0.15) is 24.3 Å². The molecule has 11 heteroatoms. The lowest BCUT2D eigenvalue weighted by molar-refractivity contribution is -0.138. The molecule has 2 saturated heterocycles. The van der Waals surface area contributed by atoms with Crippen LogP contribution in [-0.2, 0) is 19.2 Å². The molecule has 202 valence electrons. The number of fused-ring (bicyclic) bond motifs is 4. The van der Waals surface area contributed by atoms with Gasteiger partial charge in [-0.2, -0.15) is 0 Å². The molecular weight excluding hydrogens is 567 g/mol. The molecule has 6 rings (SSSR count). The summed E-state index contributed by atoms with van der Waals surface area (Å²) in [5.74, 6) is -5.03. The van der Waals surface area contributed by atoms with Crippen molar-refractivity contribution in [2.45, 2.75) is 28.5 Å². The normalized spacial score (nSPS) is 33.6. The predicted octanol–water partition coefficient (Wildman–Crippen LogP) is 4.25. The van der Waals surface area contributed by atoms with Crippen LogP contribution in [0.15, 0.2) is 54.1 Å². The number of anilines is 1. The molecule has 2 aromatic carbocycles. The van der Waals surface area contributed by atoms with Gasteiger partial charge in [0.15, 0.2) is 9.75 Å². The molecular formula is C28H23Cl3N2O6. The zero-order valence-corrected chi connectivity index (χ0v) is 23.1. The van der Waals surface area contributed by atoms with Gasteiger partial charge in [-0.25, -0.2) is 0 Å². The molecule has 0 radical (unpaired) electrons. The van der Waals surface area contributed by atoms with Gasteiger partial charge in [0.1, 0.15) is 11.5 Å². The minimum atomic E-state index is -1.93. The lowest BCUT2D eigenvalue weighted by Crippen LogP contribution is -2.60. The number of nitrogens with zero attached hydrogens (tertiary/aromatic N) is 2. The summed E-state index contributed by atoms with van der Waals surface area (Å²) in [6.07, 6.45) is 1.97. The van der Waals surface area contributed by atoms with Crippen LogP contribution in [0.4, 0.5) is 5.69 Å². The molecule has 2 aliphatic carbocycles. The second kappa shape index (κ2) is 8.71. The second-order valence-electron chi connectivity index (χ2n) is 10.4. The monoisotopic (exact) mass is 588 g/mol. The number of allylic oxidation sites excluding steroid dienone is 2. The van der Waals surface area contributed by atoms with Crippen LogP contribution in [0.2, 0.25) is 5.02 Å². The number of benzene rings is 2. The number of halogens is 3. The Bertz CT molecular complexity index is 1490. The zero-order valence-electron chi connectivity index (χ0n) is 20.9. The van der Waals surface area contributed by atoms with Crippen LogP contribution in [0, 0.1) is 17.8 Å². The lowest BCUT2D eigenvalue weighted by atomic mass is 9.56. The largest absolute Gasteiger partial charge is 0.508 e. The van der Waals surface area contributed by atoms with Crippen molar-refractivity contribution in [3.63, 3.8) is 0 Å². The van der Waals surface area contributed by atoms with Crippen LogP contribution >= 0.6 is 34.8 Å². The Balaban J connectivity index is 1.53. The number of phenolic OH excluding ortho intramolecular Hbond substituents is 1. The van der Waals surface area contributed by atoms with Crippen LogP contribution in [-0.4, -0.2) is 57.5 Å². The third-order valence-electron chi connectivity index (χ3n) is 8.63. The minimum Gasteiger partial charge on any atom is -0.508 e. The number of phenols is 1. The zero-order chi connectivity index (χ0) is 28.0. The Labute approximate surface area is 239 Å². The maximum absolute atomic E-state index is 13.9. The van der Waals surface area contributed by atoms with Crippen LogP contribution < -0.4 is 9.64 Å². The molecule has 6 atom stereocenters. The van der Waals surface area contributed by atoms with Crippen LogP contribution in [0.5, 0.6) is 11.5 Å². The average Bonchev–Trinajstić information content (AvgIpc) is 3.24. The van der Waals surface area contributed by atoms with Crippen molar-refractivity contribution in [3.05, 3.63) is 64.7 Å². The van der Waals surface area contributed by atoms with Crippen molar-refractivity contribution >= 4 is 64.1 Å². The summed E-state index contributed by atoms with van der Waals surface area (Å²) < 4.78 is 5.54. The number of amides is 4. The molecule has 6 unspecified atom stereocenters. The van der Waals surface area contributed by atoms with E-state index in [0.717, 1.165) is 9.80 Å². The van der Waals surface area contributed by atoms with E-state index in [1.54, 1.807) is 30.3 Å². The van der Waals surface area contributed by atoms with E-state index in [9.17, 15) is 24.3 Å². The highest BCUT2D eigenvalue weighted by atomic mass is 35.5. The summed E-state index contributed by atoms with van der Waals surface area (Å²) >= 11 is 20.3. The van der Waals surface area contributed by atoms with Crippen molar-refractivity contribution < 1.29 is 29.0 Å². The maximum Gasteiger partial charge on any atom is 0.253 e. The smallest absolute Gasteiger partial charge is 0.253 e. The van der Waals surface area contributed by atoms with E-state index in [4.69, 9.17) is 39.5 Å². The number of alkyl halides is 2. The Kier molecular flexibility index (Phi) is 5.85. The average molecular weight is 590 g/mol. The van der Waals surface area contributed by atoms with Gasteiger partial charge < -0.3 is 9.84 Å². The highest BCUT2D eigenvalue weighted by molar-refractivity contribution is 6.53. The molecule has 0 spiro atoms. The number of carbonyl (C=O) groups is 4. The summed E-state index contributed by atoms with van der Waals surface area (Å²) in [7, 11) is 2.74. The fourth-order valence-corrected chi connectivity index (χ4v) is 8.01. The summed E-state index contributed by atoms with van der Waals surface area (Å²) in [6, 6.07) is 10.8. The predicted molar refractivity (Wildman–Crippen MR) is 144 cm³/mol. The van der Waals surface area contributed by atoms with Gasteiger partial charge in [-0.15, -0.1) is 23.2 Å². The van der Waals surface area contributed by atoms with Gasteiger partial charge in [0.05, 0.1) is 24.6 Å². The molecule has 2 aromatic rings. The fourth-order valence-electron chi connectivity index (χ4n) is 6.87. The van der Waals surface area contributed by atoms with Crippen LogP contribution in [0.25, 0.3) is 0 Å². The van der Waals surface area contributed by atoms with Crippen LogP contribution in [0.3, 0.4) is 0 Å². The topological polar surface area (TPSA) is 104 Å². The van der Waals surface area contributed by atoms with E-state index >= 15 is 0 Å². The molecule has 4 aliphatic rings. The molecule has 1 N–H and O–H groups in total. The van der Waals surface area contributed by atoms with Crippen molar-refractivity contribution in [1.29, 1.82) is 0 Å². The first-order chi connectivity index (χ1) is 18.5. The van der Waals surface area contributed by atoms with Gasteiger partial charge in [-0.05, 0) is 49.1 Å². The Morgan fingerprint density at radius 1 is 0.974 bits per heavy atom. The molecule has 2 heterocycles. The summed E-state index contributed by atoms with van der Waals surface area (Å²) in [5, 5.41) is 10.6. The highest BCUT2D eigenvalue weighted by Gasteiger charge is 2.76. The number of hydrogen-bond acceptors (Lipinski definition) is 6. The Hall–Kier alpha value is -3.07. The third kappa shape index (κ3) is 3.31. The van der Waals surface area contributed by atoms with Crippen molar-refractivity contribution in [2.24, 2.45) is 17.8 Å². The molecule has 4 amide bonds. The van der Waals surface area contributed by atoms with Gasteiger partial charge in [0, 0.05) is 29.6 Å². The molecule has 1 saturated carbocycles. The van der Waals surface area contributed by atoms with E-state index < -0.39 is 51.1 Å². The van der Waals surface area contributed by atoms with Crippen molar-refractivity contribution in [2.75, 3.05) is 19.1 Å². The van der Waals surface area contributed by atoms with E-state index in [1.807, 2.05) is 6.08 Å². The molecule has 0 bridgehead atoms. The van der Waals surface area contributed by atoms with Gasteiger partial charge in [0.25, 0.3) is 11.8 Å². The van der Waals surface area contributed by atoms with E-state index in [1.165, 1.54) is 26.3 Å². The summed E-state index contributed by atoms with van der Waals surface area (Å²) in [6.45, 7) is 0.